The third-order valence-corrected chi connectivity index (χ3v) is 5.63. The molecule has 1 fully saturated rings. The third-order valence-electron chi connectivity index (χ3n) is 3.36. The van der Waals surface area contributed by atoms with Crippen molar-refractivity contribution in [2.75, 3.05) is 19.6 Å². The van der Waals surface area contributed by atoms with Crippen LogP contribution in [0.25, 0.3) is 0 Å². The molecule has 1 aliphatic heterocycles. The van der Waals surface area contributed by atoms with Gasteiger partial charge in [-0.05, 0) is 43.5 Å². The first-order chi connectivity index (χ1) is 8.45. The minimum absolute atomic E-state index is 0. The number of halogens is 2. The highest BCUT2D eigenvalue weighted by atomic mass is 35.5. The number of hydrogen-bond acceptors (Lipinski definition) is 3. The third kappa shape index (κ3) is 3.41. The summed E-state index contributed by atoms with van der Waals surface area (Å²) in [6.07, 6.45) is 0.829. The van der Waals surface area contributed by atoms with E-state index in [4.69, 9.17) is 17.3 Å². The first-order valence-corrected chi connectivity index (χ1v) is 7.73. The van der Waals surface area contributed by atoms with Gasteiger partial charge < -0.3 is 5.73 Å². The minimum atomic E-state index is -3.43. The zero-order valence-electron chi connectivity index (χ0n) is 10.7. The van der Waals surface area contributed by atoms with E-state index < -0.39 is 10.0 Å². The molecule has 0 radical (unpaired) electrons. The van der Waals surface area contributed by atoms with Crippen LogP contribution in [0.4, 0.5) is 0 Å². The number of rotatable bonds is 3. The fraction of sp³-hybridized carbons (Fsp3) is 0.500. The second-order valence-electron chi connectivity index (χ2n) is 4.66. The summed E-state index contributed by atoms with van der Waals surface area (Å²) in [6.45, 7) is 3.42. The van der Waals surface area contributed by atoms with Crippen LogP contribution in [-0.2, 0) is 10.0 Å². The van der Waals surface area contributed by atoms with Gasteiger partial charge in [0.15, 0.2) is 0 Å². The average Bonchev–Trinajstić information content (AvgIpc) is 2.81. The second-order valence-corrected chi connectivity index (χ2v) is 7.01. The van der Waals surface area contributed by atoms with Gasteiger partial charge >= 0.3 is 0 Å². The first-order valence-electron chi connectivity index (χ1n) is 5.91. The molecule has 1 atom stereocenters. The van der Waals surface area contributed by atoms with E-state index in [0.717, 1.165) is 12.0 Å². The van der Waals surface area contributed by atoms with Crippen LogP contribution in [0, 0.1) is 12.8 Å². The standard InChI is InChI=1S/C12H17ClN2O2S.ClH/c1-9-2-3-11(6-12(9)13)18(16,17)15-5-4-10(7-14)8-15;/h2-3,6,10H,4-5,7-8,14H2,1H3;1H. The highest BCUT2D eigenvalue weighted by molar-refractivity contribution is 7.89. The molecule has 2 rings (SSSR count). The predicted molar refractivity (Wildman–Crippen MR) is 79.4 cm³/mol. The van der Waals surface area contributed by atoms with Gasteiger partial charge in [0.1, 0.15) is 0 Å². The lowest BCUT2D eigenvalue weighted by Crippen LogP contribution is -2.30. The van der Waals surface area contributed by atoms with Crippen LogP contribution in [0.3, 0.4) is 0 Å². The van der Waals surface area contributed by atoms with Crippen LogP contribution in [-0.4, -0.2) is 32.4 Å². The SMILES string of the molecule is Cc1ccc(S(=O)(=O)N2CCC(CN)C2)cc1Cl.Cl. The molecule has 7 heteroatoms. The zero-order valence-corrected chi connectivity index (χ0v) is 13.1. The lowest BCUT2D eigenvalue weighted by molar-refractivity contribution is 0.459. The molecule has 0 spiro atoms. The molecule has 1 aromatic rings. The van der Waals surface area contributed by atoms with E-state index in [1.807, 2.05) is 6.92 Å². The predicted octanol–water partition coefficient (Wildman–Crippen LogP) is 2.04. The fourth-order valence-corrected chi connectivity index (χ4v) is 3.89. The Labute approximate surface area is 125 Å². The Kier molecular flexibility index (Phi) is 5.65. The molecular formula is C12H18Cl2N2O2S. The van der Waals surface area contributed by atoms with Crippen molar-refractivity contribution in [2.24, 2.45) is 11.7 Å². The van der Waals surface area contributed by atoms with Gasteiger partial charge in [-0.2, -0.15) is 4.31 Å². The molecule has 1 heterocycles. The Morgan fingerprint density at radius 3 is 2.68 bits per heavy atom. The molecular weight excluding hydrogens is 307 g/mol. The summed E-state index contributed by atoms with van der Waals surface area (Å²) < 4.78 is 26.3. The summed E-state index contributed by atoms with van der Waals surface area (Å²) in [5, 5.41) is 0.477. The first kappa shape index (κ1) is 16.7. The van der Waals surface area contributed by atoms with E-state index in [-0.39, 0.29) is 23.2 Å². The van der Waals surface area contributed by atoms with E-state index >= 15 is 0 Å². The van der Waals surface area contributed by atoms with Crippen molar-refractivity contribution in [3.05, 3.63) is 28.8 Å². The number of sulfonamides is 1. The van der Waals surface area contributed by atoms with Crippen LogP contribution in [0.15, 0.2) is 23.1 Å². The summed E-state index contributed by atoms with van der Waals surface area (Å²) in [6, 6.07) is 4.85. The lowest BCUT2D eigenvalue weighted by atomic mass is 10.1. The maximum Gasteiger partial charge on any atom is 0.243 e. The van der Waals surface area contributed by atoms with Gasteiger partial charge in [-0.15, -0.1) is 12.4 Å². The van der Waals surface area contributed by atoms with Crippen molar-refractivity contribution < 1.29 is 8.42 Å². The van der Waals surface area contributed by atoms with Gasteiger partial charge in [0, 0.05) is 18.1 Å². The quantitative estimate of drug-likeness (QED) is 0.925. The van der Waals surface area contributed by atoms with Gasteiger partial charge in [-0.3, -0.25) is 0 Å². The number of hydrogen-bond donors (Lipinski definition) is 1. The number of benzene rings is 1. The van der Waals surface area contributed by atoms with Crippen LogP contribution in [0.1, 0.15) is 12.0 Å². The number of nitrogens with zero attached hydrogens (tertiary/aromatic N) is 1. The molecule has 1 unspecified atom stereocenters. The maximum absolute atomic E-state index is 12.4. The maximum atomic E-state index is 12.4. The van der Waals surface area contributed by atoms with Gasteiger partial charge in [0.05, 0.1) is 4.90 Å². The average molecular weight is 325 g/mol. The Morgan fingerprint density at radius 1 is 1.47 bits per heavy atom. The highest BCUT2D eigenvalue weighted by Crippen LogP contribution is 2.26. The van der Waals surface area contributed by atoms with Gasteiger partial charge in [-0.1, -0.05) is 17.7 Å². The molecule has 2 N–H and O–H groups in total. The Bertz CT molecular complexity index is 549. The molecule has 0 aliphatic carbocycles. The summed E-state index contributed by atoms with van der Waals surface area (Å²) in [4.78, 5) is 0.260. The van der Waals surface area contributed by atoms with E-state index in [1.54, 1.807) is 12.1 Å². The van der Waals surface area contributed by atoms with Crippen LogP contribution >= 0.6 is 24.0 Å². The number of nitrogens with two attached hydrogens (primary N) is 1. The Balaban J connectivity index is 0.00000180. The molecule has 4 nitrogen and oxygen atoms in total. The van der Waals surface area contributed by atoms with Crippen LogP contribution < -0.4 is 5.73 Å². The van der Waals surface area contributed by atoms with Gasteiger partial charge in [0.2, 0.25) is 10.0 Å². The Hall–Kier alpha value is -0.330. The van der Waals surface area contributed by atoms with Crippen molar-refractivity contribution in [3.63, 3.8) is 0 Å². The normalized spacial score (nSPS) is 20.3. The largest absolute Gasteiger partial charge is 0.330 e. The van der Waals surface area contributed by atoms with Gasteiger partial charge in [0.25, 0.3) is 0 Å². The molecule has 108 valence electrons. The van der Waals surface area contributed by atoms with Crippen LogP contribution in [0.5, 0.6) is 0 Å². The summed E-state index contributed by atoms with van der Waals surface area (Å²) in [5.41, 5.74) is 6.45. The molecule has 0 saturated carbocycles. The highest BCUT2D eigenvalue weighted by Gasteiger charge is 2.31. The lowest BCUT2D eigenvalue weighted by Gasteiger charge is -2.16. The van der Waals surface area contributed by atoms with E-state index in [1.165, 1.54) is 10.4 Å². The molecule has 1 aliphatic rings. The summed E-state index contributed by atoms with van der Waals surface area (Å²) in [5.74, 6) is 0.265. The van der Waals surface area contributed by atoms with Gasteiger partial charge in [-0.25, -0.2) is 8.42 Å². The van der Waals surface area contributed by atoms with Crippen molar-refractivity contribution in [2.45, 2.75) is 18.2 Å². The second kappa shape index (κ2) is 6.41. The van der Waals surface area contributed by atoms with E-state index in [0.29, 0.717) is 24.7 Å². The van der Waals surface area contributed by atoms with Crippen molar-refractivity contribution in [1.29, 1.82) is 0 Å². The molecule has 0 amide bonds. The van der Waals surface area contributed by atoms with Crippen molar-refractivity contribution in [3.8, 4) is 0 Å². The van der Waals surface area contributed by atoms with E-state index in [2.05, 4.69) is 0 Å². The van der Waals surface area contributed by atoms with Crippen molar-refractivity contribution >= 4 is 34.0 Å². The van der Waals surface area contributed by atoms with Crippen LogP contribution in [0.2, 0.25) is 5.02 Å². The topological polar surface area (TPSA) is 63.4 Å². The monoisotopic (exact) mass is 324 g/mol. The molecule has 1 saturated heterocycles. The fourth-order valence-electron chi connectivity index (χ4n) is 2.09. The molecule has 1 aromatic carbocycles. The zero-order chi connectivity index (χ0) is 13.3. The molecule has 0 bridgehead atoms. The smallest absolute Gasteiger partial charge is 0.243 e. The summed E-state index contributed by atoms with van der Waals surface area (Å²) >= 11 is 5.98. The number of aryl methyl sites for hydroxylation is 1. The molecule has 0 aromatic heterocycles. The van der Waals surface area contributed by atoms with Crippen molar-refractivity contribution in [1.82, 2.24) is 4.31 Å². The summed E-state index contributed by atoms with van der Waals surface area (Å²) in [7, 11) is -3.43. The van der Waals surface area contributed by atoms with E-state index in [9.17, 15) is 8.42 Å². The molecule has 19 heavy (non-hydrogen) atoms. The Morgan fingerprint density at radius 2 is 2.16 bits per heavy atom. The minimum Gasteiger partial charge on any atom is -0.330 e.